The smallest absolute Gasteiger partial charge is 0.0307 e. The van der Waals surface area contributed by atoms with Crippen molar-refractivity contribution < 1.29 is 0 Å². The molecule has 0 rings (SSSR count). The van der Waals surface area contributed by atoms with Gasteiger partial charge in [0.1, 0.15) is 0 Å². The Bertz CT molecular complexity index is 800. The first-order chi connectivity index (χ1) is 28.6. The molecular weight excluding hydrogens is 701 g/mol. The Labute approximate surface area is 367 Å². The summed E-state index contributed by atoms with van der Waals surface area (Å²) in [4.78, 5) is 0. The van der Waals surface area contributed by atoms with Crippen LogP contribution in [0.2, 0.25) is 0 Å². The first-order valence-electron chi connectivity index (χ1n) is 27.1. The number of nitrogens with two attached hydrogens (primary N) is 2. The van der Waals surface area contributed by atoms with Crippen molar-refractivity contribution in [2.45, 2.75) is 321 Å². The minimum absolute atomic E-state index is 0.149. The summed E-state index contributed by atoms with van der Waals surface area (Å²) >= 11 is 0. The Hall–Kier alpha value is -0.860. The van der Waals surface area contributed by atoms with Gasteiger partial charge in [0.25, 0.3) is 0 Å². The molecule has 2 nitrogen and oxygen atoms in total. The monoisotopic (exact) mass is 811 g/mol. The Morgan fingerprint density at radius 1 is 0.293 bits per heavy atom. The molecule has 0 amide bonds. The maximum Gasteiger partial charge on any atom is 0.0307 e. The van der Waals surface area contributed by atoms with Gasteiger partial charge < -0.3 is 11.5 Å². The Kier molecular flexibility index (Phi) is 48.1. The molecule has 0 aromatic heterocycles. The fourth-order valence-electron chi connectivity index (χ4n) is 8.80. The summed E-state index contributed by atoms with van der Waals surface area (Å²) < 4.78 is 0. The average Bonchev–Trinajstić information content (AvgIpc) is 3.23. The van der Waals surface area contributed by atoms with Gasteiger partial charge in [0.15, 0.2) is 0 Å². The molecule has 0 aliphatic heterocycles. The van der Waals surface area contributed by atoms with E-state index in [1.807, 2.05) is 0 Å². The van der Waals surface area contributed by atoms with Crippen LogP contribution < -0.4 is 11.5 Å². The third-order valence-corrected chi connectivity index (χ3v) is 13.1. The highest BCUT2D eigenvalue weighted by Crippen LogP contribution is 2.27. The van der Waals surface area contributed by atoms with Crippen LogP contribution in [-0.4, -0.2) is 11.6 Å². The topological polar surface area (TPSA) is 52.0 Å². The SMILES string of the molecule is CCCCCCCC/C=C\CCCCCCCCC(N)C(N)(CCCCCCCC/C=C\CCCCCCCC)CCCCCCCC/C=C\CCCCCCCC. The van der Waals surface area contributed by atoms with Crippen molar-refractivity contribution in [2.75, 3.05) is 0 Å². The van der Waals surface area contributed by atoms with E-state index in [1.54, 1.807) is 0 Å². The summed E-state index contributed by atoms with van der Waals surface area (Å²) in [6, 6.07) is 0.149. The fourth-order valence-corrected chi connectivity index (χ4v) is 8.80. The van der Waals surface area contributed by atoms with Gasteiger partial charge >= 0.3 is 0 Å². The summed E-state index contributed by atoms with van der Waals surface area (Å²) in [5.74, 6) is 0. The lowest BCUT2D eigenvalue weighted by Crippen LogP contribution is -2.55. The number of hydrogen-bond acceptors (Lipinski definition) is 2. The molecule has 0 saturated heterocycles. The van der Waals surface area contributed by atoms with E-state index in [-0.39, 0.29) is 11.6 Å². The summed E-state index contributed by atoms with van der Waals surface area (Å²) in [5, 5.41) is 0. The predicted molar refractivity (Wildman–Crippen MR) is 267 cm³/mol. The van der Waals surface area contributed by atoms with Crippen molar-refractivity contribution in [3.8, 4) is 0 Å². The Morgan fingerprint density at radius 2 is 0.500 bits per heavy atom. The maximum atomic E-state index is 7.28. The molecule has 0 aliphatic rings. The molecule has 2 heteroatoms. The lowest BCUT2D eigenvalue weighted by Gasteiger charge is -2.36. The van der Waals surface area contributed by atoms with E-state index >= 15 is 0 Å². The highest BCUT2D eigenvalue weighted by Gasteiger charge is 2.31. The largest absolute Gasteiger partial charge is 0.326 e. The van der Waals surface area contributed by atoms with Gasteiger partial charge in [0.2, 0.25) is 0 Å². The van der Waals surface area contributed by atoms with Gasteiger partial charge in [-0.2, -0.15) is 0 Å². The summed E-state index contributed by atoms with van der Waals surface area (Å²) in [7, 11) is 0. The molecule has 0 fully saturated rings. The first-order valence-corrected chi connectivity index (χ1v) is 27.1. The van der Waals surface area contributed by atoms with Crippen molar-refractivity contribution in [3.05, 3.63) is 36.5 Å². The molecular formula is C56H110N2. The number of rotatable bonds is 49. The van der Waals surface area contributed by atoms with Crippen molar-refractivity contribution in [1.29, 1.82) is 0 Å². The Balaban J connectivity index is 4.31. The minimum atomic E-state index is -0.177. The zero-order valence-corrected chi connectivity index (χ0v) is 40.5. The van der Waals surface area contributed by atoms with E-state index in [1.165, 1.54) is 270 Å². The molecule has 0 aromatic carbocycles. The quantitative estimate of drug-likeness (QED) is 0.0475. The van der Waals surface area contributed by atoms with Gasteiger partial charge in [-0.3, -0.25) is 0 Å². The number of allylic oxidation sites excluding steroid dienone is 6. The zero-order chi connectivity index (χ0) is 42.1. The maximum absolute atomic E-state index is 7.28. The van der Waals surface area contributed by atoms with Crippen LogP contribution in [0, 0.1) is 0 Å². The molecule has 0 aromatic rings. The van der Waals surface area contributed by atoms with Crippen molar-refractivity contribution >= 4 is 0 Å². The highest BCUT2D eigenvalue weighted by molar-refractivity contribution is 4.94. The van der Waals surface area contributed by atoms with E-state index in [9.17, 15) is 0 Å². The molecule has 0 bridgehead atoms. The van der Waals surface area contributed by atoms with Crippen LogP contribution in [0.3, 0.4) is 0 Å². The van der Waals surface area contributed by atoms with Crippen LogP contribution >= 0.6 is 0 Å². The van der Waals surface area contributed by atoms with Gasteiger partial charge in [-0.05, 0) is 96.3 Å². The van der Waals surface area contributed by atoms with Gasteiger partial charge in [-0.15, -0.1) is 0 Å². The van der Waals surface area contributed by atoms with E-state index in [0.717, 1.165) is 19.3 Å². The molecule has 58 heavy (non-hydrogen) atoms. The van der Waals surface area contributed by atoms with Crippen LogP contribution in [0.1, 0.15) is 310 Å². The minimum Gasteiger partial charge on any atom is -0.326 e. The van der Waals surface area contributed by atoms with Crippen LogP contribution in [0.5, 0.6) is 0 Å². The van der Waals surface area contributed by atoms with Crippen LogP contribution in [0.15, 0.2) is 36.5 Å². The second kappa shape index (κ2) is 48.8. The summed E-state index contributed by atoms with van der Waals surface area (Å²) in [5.41, 5.74) is 14.1. The van der Waals surface area contributed by atoms with E-state index in [4.69, 9.17) is 11.5 Å². The molecule has 0 spiro atoms. The second-order valence-corrected chi connectivity index (χ2v) is 18.9. The lowest BCUT2D eigenvalue weighted by molar-refractivity contribution is 0.264. The molecule has 0 saturated carbocycles. The summed E-state index contributed by atoms with van der Waals surface area (Å²) in [6.45, 7) is 6.90. The molecule has 0 heterocycles. The molecule has 4 N–H and O–H groups in total. The van der Waals surface area contributed by atoms with Gasteiger partial charge in [0.05, 0.1) is 0 Å². The van der Waals surface area contributed by atoms with Crippen LogP contribution in [0.25, 0.3) is 0 Å². The van der Waals surface area contributed by atoms with Crippen molar-refractivity contribution in [2.24, 2.45) is 11.5 Å². The summed E-state index contributed by atoms with van der Waals surface area (Å²) in [6.07, 6.45) is 74.9. The van der Waals surface area contributed by atoms with E-state index in [0.29, 0.717) is 0 Å². The molecule has 344 valence electrons. The predicted octanol–water partition coefficient (Wildman–Crippen LogP) is 19.3. The van der Waals surface area contributed by atoms with Gasteiger partial charge in [0, 0.05) is 11.6 Å². The molecule has 1 atom stereocenters. The van der Waals surface area contributed by atoms with Crippen molar-refractivity contribution in [1.82, 2.24) is 0 Å². The van der Waals surface area contributed by atoms with E-state index in [2.05, 4.69) is 57.2 Å². The second-order valence-electron chi connectivity index (χ2n) is 18.9. The molecule has 1 unspecified atom stereocenters. The standard InChI is InChI=1S/C56H110N2/c1-4-7-10-13-16-19-22-25-28-31-34-37-40-43-46-49-52-55(57)56(58,53-50-47-44-41-38-35-32-29-26-23-20-17-14-11-8-5-2)54-51-48-45-42-39-36-33-30-27-24-21-18-15-12-9-6-3/h25-30,55H,4-24,31-54,57-58H2,1-3H3/b28-25-,29-26-,30-27-. The van der Waals surface area contributed by atoms with Crippen molar-refractivity contribution in [3.63, 3.8) is 0 Å². The van der Waals surface area contributed by atoms with Gasteiger partial charge in [-0.25, -0.2) is 0 Å². The van der Waals surface area contributed by atoms with Crippen LogP contribution in [0.4, 0.5) is 0 Å². The number of hydrogen-bond donors (Lipinski definition) is 2. The Morgan fingerprint density at radius 3 is 0.759 bits per heavy atom. The van der Waals surface area contributed by atoms with E-state index < -0.39 is 0 Å². The molecule has 0 radical (unpaired) electrons. The highest BCUT2D eigenvalue weighted by atomic mass is 14.9. The fraction of sp³-hybridized carbons (Fsp3) is 0.893. The normalized spacial score (nSPS) is 13.0. The average molecular weight is 812 g/mol. The third-order valence-electron chi connectivity index (χ3n) is 13.1. The third kappa shape index (κ3) is 43.2. The number of unbranched alkanes of at least 4 members (excludes halogenated alkanes) is 36. The molecule has 0 aliphatic carbocycles. The zero-order valence-electron chi connectivity index (χ0n) is 40.5. The first kappa shape index (κ1) is 57.1. The lowest BCUT2D eigenvalue weighted by atomic mass is 9.79. The van der Waals surface area contributed by atoms with Gasteiger partial charge in [-0.1, -0.05) is 250 Å². The van der Waals surface area contributed by atoms with Crippen LogP contribution in [-0.2, 0) is 0 Å².